The lowest BCUT2D eigenvalue weighted by Gasteiger charge is -2.37. The van der Waals surface area contributed by atoms with Crippen LogP contribution < -0.4 is 0 Å². The van der Waals surface area contributed by atoms with Crippen molar-refractivity contribution in [1.29, 1.82) is 0 Å². The molecule has 0 aliphatic carbocycles. The Kier molecular flexibility index (Phi) is 9.16. The van der Waals surface area contributed by atoms with Crippen LogP contribution in [0.3, 0.4) is 0 Å². The summed E-state index contributed by atoms with van der Waals surface area (Å²) in [7, 11) is -1.44. The van der Waals surface area contributed by atoms with Crippen LogP contribution in [-0.4, -0.2) is 42.0 Å². The van der Waals surface area contributed by atoms with Crippen LogP contribution in [0.4, 0.5) is 4.39 Å². The molecule has 6 rings (SSSR count). The van der Waals surface area contributed by atoms with Crippen LogP contribution in [0.25, 0.3) is 21.9 Å². The maximum absolute atomic E-state index is 13.5. The molecule has 7 nitrogen and oxygen atoms in total. The third-order valence-electron chi connectivity index (χ3n) is 6.75. The highest BCUT2D eigenvalue weighted by atomic mass is 32.2. The summed E-state index contributed by atoms with van der Waals surface area (Å²) < 4.78 is 33.1. The number of aryl methyl sites for hydroxylation is 2. The molecule has 1 fully saturated rings. The van der Waals surface area contributed by atoms with Gasteiger partial charge in [-0.2, -0.15) is 0 Å². The van der Waals surface area contributed by atoms with E-state index in [1.807, 2.05) is 39.1 Å². The summed E-state index contributed by atoms with van der Waals surface area (Å²) in [5.74, 6) is -0.373. The normalized spacial score (nSPS) is 15.6. The number of para-hydroxylation sites is 1. The number of nitrogens with zero attached hydrogens (tertiary/aromatic N) is 4. The lowest BCUT2D eigenvalue weighted by atomic mass is 9.85. The van der Waals surface area contributed by atoms with Crippen molar-refractivity contribution in [3.8, 4) is 0 Å². The number of aromatic nitrogens is 3. The van der Waals surface area contributed by atoms with Gasteiger partial charge in [0, 0.05) is 24.7 Å². The average molecular weight is 549 g/mol. The van der Waals surface area contributed by atoms with Gasteiger partial charge in [-0.15, -0.1) is 0 Å². The van der Waals surface area contributed by atoms with E-state index >= 15 is 0 Å². The van der Waals surface area contributed by atoms with Crippen LogP contribution >= 0.6 is 0 Å². The predicted molar refractivity (Wildman–Crippen MR) is 152 cm³/mol. The lowest BCUT2D eigenvalue weighted by molar-refractivity contribution is -0.00908. The van der Waals surface area contributed by atoms with Crippen LogP contribution in [0.5, 0.6) is 0 Å². The van der Waals surface area contributed by atoms with Crippen molar-refractivity contribution in [2.24, 2.45) is 0 Å². The van der Waals surface area contributed by atoms with Gasteiger partial charge >= 0.3 is 0 Å². The molecule has 1 aliphatic rings. The molecule has 0 amide bonds. The molecule has 1 unspecified atom stereocenters. The summed E-state index contributed by atoms with van der Waals surface area (Å²) in [5.41, 5.74) is 3.79. The molecule has 2 aromatic heterocycles. The van der Waals surface area contributed by atoms with E-state index in [0.717, 1.165) is 11.1 Å². The molecule has 1 N–H and O–H groups in total. The molecule has 3 aromatic carbocycles. The van der Waals surface area contributed by atoms with Crippen molar-refractivity contribution in [3.05, 3.63) is 95.4 Å². The Hall–Kier alpha value is -3.53. The van der Waals surface area contributed by atoms with Crippen molar-refractivity contribution in [2.75, 3.05) is 13.1 Å². The first-order valence-corrected chi connectivity index (χ1v) is 14.1. The molecule has 0 radical (unpaired) electrons. The Bertz CT molecular complexity index is 1580. The summed E-state index contributed by atoms with van der Waals surface area (Å²) in [6.45, 7) is 8.80. The first-order valence-electron chi connectivity index (χ1n) is 13.0. The third-order valence-corrected chi connectivity index (χ3v) is 8.29. The van der Waals surface area contributed by atoms with Crippen molar-refractivity contribution in [2.45, 2.75) is 51.0 Å². The number of benzene rings is 3. The molecular weight excluding hydrogens is 515 g/mol. The first kappa shape index (κ1) is 28.5. The molecule has 204 valence electrons. The van der Waals surface area contributed by atoms with Gasteiger partial charge in [-0.1, -0.05) is 56.3 Å². The Labute approximate surface area is 230 Å². The number of hydrogen-bond acceptors (Lipinski definition) is 6. The van der Waals surface area contributed by atoms with E-state index < -0.39 is 16.6 Å². The van der Waals surface area contributed by atoms with Gasteiger partial charge in [0.2, 0.25) is 0 Å². The zero-order valence-electron chi connectivity index (χ0n) is 22.6. The number of halogens is 1. The van der Waals surface area contributed by atoms with Gasteiger partial charge in [0.15, 0.2) is 5.52 Å². The van der Waals surface area contributed by atoms with Gasteiger partial charge in [-0.25, -0.2) is 17.5 Å². The molecule has 1 atom stereocenters. The van der Waals surface area contributed by atoms with E-state index in [2.05, 4.69) is 46.5 Å². The second kappa shape index (κ2) is 12.5. The molecule has 0 saturated carbocycles. The average Bonchev–Trinajstić information content (AvgIpc) is 3.46. The number of piperidine rings is 1. The summed E-state index contributed by atoms with van der Waals surface area (Å²) >= 11 is 0. The minimum atomic E-state index is -1.44. The van der Waals surface area contributed by atoms with Gasteiger partial charge in [0.1, 0.15) is 22.3 Å². The fourth-order valence-corrected chi connectivity index (χ4v) is 5.87. The first-order chi connectivity index (χ1) is 18.9. The number of rotatable bonds is 3. The Morgan fingerprint density at radius 3 is 2.28 bits per heavy atom. The smallest absolute Gasteiger partial charge is 0.152 e. The van der Waals surface area contributed by atoms with Gasteiger partial charge in [0.25, 0.3) is 0 Å². The van der Waals surface area contributed by atoms with Gasteiger partial charge < -0.3 is 5.11 Å². The van der Waals surface area contributed by atoms with E-state index in [0.29, 0.717) is 47.4 Å². The number of hydrogen-bond donors (Lipinski definition) is 1. The van der Waals surface area contributed by atoms with Crippen LogP contribution in [0.15, 0.2) is 82.5 Å². The Morgan fingerprint density at radius 2 is 1.56 bits per heavy atom. The second-order valence-electron chi connectivity index (χ2n) is 9.21. The topological polar surface area (TPSA) is 92.4 Å². The molecule has 39 heavy (non-hydrogen) atoms. The zero-order chi connectivity index (χ0) is 28.0. The Morgan fingerprint density at radius 1 is 0.897 bits per heavy atom. The molecule has 1 saturated heterocycles. The number of fused-ring (bicyclic) bond motifs is 2. The maximum atomic E-state index is 13.5. The monoisotopic (exact) mass is 548 g/mol. The minimum absolute atomic E-state index is 0.369. The molecular formula is C30H33FN4O3S. The van der Waals surface area contributed by atoms with Gasteiger partial charge in [0.05, 0.1) is 16.0 Å². The van der Waals surface area contributed by atoms with E-state index in [-0.39, 0.29) is 5.82 Å². The van der Waals surface area contributed by atoms with E-state index in [9.17, 15) is 13.7 Å². The largest absolute Gasteiger partial charge is 0.385 e. The highest BCUT2D eigenvalue weighted by Gasteiger charge is 2.36. The van der Waals surface area contributed by atoms with E-state index in [4.69, 9.17) is 4.63 Å². The second-order valence-corrected chi connectivity index (χ2v) is 10.7. The fourth-order valence-electron chi connectivity index (χ4n) is 4.59. The number of pyridine rings is 1. The molecule has 5 aromatic rings. The van der Waals surface area contributed by atoms with Crippen LogP contribution in [0.2, 0.25) is 0 Å². The molecule has 0 bridgehead atoms. The summed E-state index contributed by atoms with van der Waals surface area (Å²) in [6.07, 6.45) is 2.57. The SMILES string of the molecule is CC.Cc1ccc(S(=O)N2CCC(O)(c3cccc(F)c3)CC2)c2nonc12.Cc1cccc2cccnc12. The highest BCUT2D eigenvalue weighted by Crippen LogP contribution is 2.35. The summed E-state index contributed by atoms with van der Waals surface area (Å²) in [6, 6.07) is 19.9. The minimum Gasteiger partial charge on any atom is -0.385 e. The molecule has 1 aliphatic heterocycles. The van der Waals surface area contributed by atoms with Gasteiger partial charge in [-0.05, 0) is 78.0 Å². The fraction of sp³-hybridized carbons (Fsp3) is 0.300. The standard InChI is InChI=1S/C18H18FN3O3S.C10H9N.C2H6/c1-12-5-6-15(17-16(12)20-25-21-17)26(24)22-9-7-18(23,8-10-22)13-3-2-4-14(19)11-13;1-8-4-2-5-9-6-3-7-11-10(8)9;1-2/h2-6,11,23H,7-10H2,1H3;2-7H,1H3;1-2H3. The van der Waals surface area contributed by atoms with Crippen LogP contribution in [0.1, 0.15) is 43.4 Å². The molecule has 9 heteroatoms. The quantitative estimate of drug-likeness (QED) is 0.287. The van der Waals surface area contributed by atoms with E-state index in [1.54, 1.807) is 22.5 Å². The maximum Gasteiger partial charge on any atom is 0.152 e. The third kappa shape index (κ3) is 6.21. The molecule has 3 heterocycles. The molecule has 0 spiro atoms. The predicted octanol–water partition coefficient (Wildman–Crippen LogP) is 6.25. The summed E-state index contributed by atoms with van der Waals surface area (Å²) in [4.78, 5) is 4.83. The zero-order valence-corrected chi connectivity index (χ0v) is 23.4. The van der Waals surface area contributed by atoms with Crippen LogP contribution in [0, 0.1) is 19.7 Å². The summed E-state index contributed by atoms with van der Waals surface area (Å²) in [5, 5.41) is 19.8. The van der Waals surface area contributed by atoms with Crippen LogP contribution in [-0.2, 0) is 16.6 Å². The lowest BCUT2D eigenvalue weighted by Crippen LogP contribution is -2.43. The van der Waals surface area contributed by atoms with Crippen molar-refractivity contribution in [1.82, 2.24) is 19.6 Å². The Balaban J connectivity index is 0.000000226. The van der Waals surface area contributed by atoms with E-state index in [1.165, 1.54) is 23.1 Å². The number of aliphatic hydroxyl groups is 1. The van der Waals surface area contributed by atoms with Crippen molar-refractivity contribution >= 4 is 32.9 Å². The van der Waals surface area contributed by atoms with Crippen molar-refractivity contribution in [3.63, 3.8) is 0 Å². The van der Waals surface area contributed by atoms with Gasteiger partial charge in [-0.3, -0.25) is 4.98 Å². The highest BCUT2D eigenvalue weighted by molar-refractivity contribution is 7.83. The van der Waals surface area contributed by atoms with Crippen molar-refractivity contribution < 1.29 is 18.3 Å².